The molecule has 194 valence electrons. The van der Waals surface area contributed by atoms with Crippen LogP contribution < -0.4 is 0 Å². The molecule has 2 nitrogen and oxygen atoms in total. The van der Waals surface area contributed by atoms with Crippen LogP contribution in [-0.4, -0.2) is 21.1 Å². The van der Waals surface area contributed by atoms with Crippen molar-refractivity contribution < 1.29 is 8.85 Å². The summed E-state index contributed by atoms with van der Waals surface area (Å²) in [6.07, 6.45) is 23.5. The van der Waals surface area contributed by atoms with Crippen molar-refractivity contribution in [2.24, 2.45) is 11.8 Å². The Morgan fingerprint density at radius 3 is 1.31 bits per heavy atom. The van der Waals surface area contributed by atoms with Gasteiger partial charge in [-0.15, -0.1) is 0 Å². The summed E-state index contributed by atoms with van der Waals surface area (Å²) in [7, 11) is -2.53. The highest BCUT2D eigenvalue weighted by molar-refractivity contribution is 7.12. The Labute approximate surface area is 208 Å². The van der Waals surface area contributed by atoms with Gasteiger partial charge in [-0.05, 0) is 24.7 Å². The maximum atomic E-state index is 6.97. The van der Waals surface area contributed by atoms with Gasteiger partial charge in [-0.2, -0.15) is 0 Å². The Kier molecular flexibility index (Phi) is 23.5. The highest BCUT2D eigenvalue weighted by atomic mass is 35.6. The van der Waals surface area contributed by atoms with Crippen molar-refractivity contribution in [1.82, 2.24) is 0 Å². The van der Waals surface area contributed by atoms with Crippen LogP contribution in [-0.2, 0) is 8.85 Å². The quantitative estimate of drug-likeness (QED) is 0.0719. The molecule has 4 heteroatoms. The molecule has 0 rings (SSSR count). The van der Waals surface area contributed by atoms with Gasteiger partial charge < -0.3 is 8.85 Å². The summed E-state index contributed by atoms with van der Waals surface area (Å²) in [6.45, 7) is 13.0. The molecule has 0 aliphatic carbocycles. The van der Waals surface area contributed by atoms with E-state index in [1.807, 2.05) is 0 Å². The first-order valence-corrected chi connectivity index (χ1v) is 17.4. The van der Waals surface area contributed by atoms with Crippen LogP contribution in [0.1, 0.15) is 150 Å². The molecular formula is C28H59ClO2Si. The average Bonchev–Trinajstić information content (AvgIpc) is 2.74. The third-order valence-electron chi connectivity index (χ3n) is 6.32. The van der Waals surface area contributed by atoms with Crippen molar-refractivity contribution >= 4 is 18.9 Å². The second kappa shape index (κ2) is 23.2. The lowest BCUT2D eigenvalue weighted by molar-refractivity contribution is 0.178. The van der Waals surface area contributed by atoms with Gasteiger partial charge in [0.05, 0.1) is 0 Å². The van der Waals surface area contributed by atoms with Crippen LogP contribution in [0.25, 0.3) is 0 Å². The largest absolute Gasteiger partial charge is 0.443 e. The Balaban J connectivity index is 4.06. The molecule has 0 radical (unpaired) electrons. The Bertz CT molecular complexity index is 356. The van der Waals surface area contributed by atoms with E-state index in [-0.39, 0.29) is 0 Å². The van der Waals surface area contributed by atoms with Crippen molar-refractivity contribution in [2.75, 3.05) is 13.2 Å². The van der Waals surface area contributed by atoms with Gasteiger partial charge in [-0.1, -0.05) is 148 Å². The van der Waals surface area contributed by atoms with Crippen molar-refractivity contribution in [3.63, 3.8) is 0 Å². The van der Waals surface area contributed by atoms with Gasteiger partial charge in [0.15, 0.2) is 0 Å². The van der Waals surface area contributed by atoms with E-state index < -0.39 is 7.87 Å². The number of hydrogen-bond acceptors (Lipinski definition) is 2. The van der Waals surface area contributed by atoms with E-state index in [0.29, 0.717) is 0 Å². The predicted molar refractivity (Wildman–Crippen MR) is 147 cm³/mol. The lowest BCUT2D eigenvalue weighted by atomic mass is 10.1. The fraction of sp³-hybridized carbons (Fsp3) is 1.00. The number of unbranched alkanes of at least 4 members (excludes halogenated alkanes) is 13. The van der Waals surface area contributed by atoms with E-state index in [1.165, 1.54) is 96.3 Å². The van der Waals surface area contributed by atoms with Crippen molar-refractivity contribution in [2.45, 2.75) is 156 Å². The summed E-state index contributed by atoms with van der Waals surface area (Å²) in [6, 6.07) is 0.947. The topological polar surface area (TPSA) is 18.5 Å². The molecule has 0 aromatic heterocycles. The molecule has 0 saturated heterocycles. The molecule has 0 aromatic carbocycles. The summed E-state index contributed by atoms with van der Waals surface area (Å²) in [5, 5.41) is 0. The van der Waals surface area contributed by atoms with Gasteiger partial charge in [-0.25, -0.2) is 0 Å². The van der Waals surface area contributed by atoms with Gasteiger partial charge in [0.1, 0.15) is 0 Å². The smallest absolute Gasteiger partial charge is 0.383 e. The maximum absolute atomic E-state index is 6.97. The zero-order chi connectivity index (χ0) is 23.9. The van der Waals surface area contributed by atoms with Gasteiger partial charge in [0, 0.05) is 19.3 Å². The van der Waals surface area contributed by atoms with Crippen LogP contribution >= 0.6 is 11.1 Å². The SMILES string of the molecule is CCCCCCCCCCCC[Si](Cl)(OCCCCCC(C)C)OCCCCCC(C)C. The van der Waals surface area contributed by atoms with E-state index >= 15 is 0 Å². The second-order valence-corrected chi connectivity index (χ2v) is 14.9. The highest BCUT2D eigenvalue weighted by Crippen LogP contribution is 2.24. The van der Waals surface area contributed by atoms with E-state index in [9.17, 15) is 0 Å². The Morgan fingerprint density at radius 2 is 0.906 bits per heavy atom. The summed E-state index contributed by atoms with van der Waals surface area (Å²) < 4.78 is 12.5. The van der Waals surface area contributed by atoms with E-state index in [0.717, 1.165) is 50.4 Å². The molecular weight excluding hydrogens is 432 g/mol. The highest BCUT2D eigenvalue weighted by Gasteiger charge is 2.35. The minimum atomic E-state index is -2.53. The first-order valence-electron chi connectivity index (χ1n) is 14.4. The number of halogens is 1. The minimum Gasteiger partial charge on any atom is -0.383 e. The maximum Gasteiger partial charge on any atom is 0.443 e. The van der Waals surface area contributed by atoms with Crippen LogP contribution in [0.4, 0.5) is 0 Å². The summed E-state index contributed by atoms with van der Waals surface area (Å²) >= 11 is 6.97. The molecule has 0 unspecified atom stereocenters. The molecule has 0 saturated carbocycles. The van der Waals surface area contributed by atoms with Gasteiger partial charge >= 0.3 is 7.87 Å². The first kappa shape index (κ1) is 32.4. The molecule has 0 fully saturated rings. The average molecular weight is 491 g/mol. The summed E-state index contributed by atoms with van der Waals surface area (Å²) in [5.41, 5.74) is 0. The van der Waals surface area contributed by atoms with Gasteiger partial charge in [0.2, 0.25) is 0 Å². The fourth-order valence-corrected chi connectivity index (χ4v) is 6.93. The minimum absolute atomic E-state index is 0.777. The molecule has 0 aromatic rings. The number of hydrogen-bond donors (Lipinski definition) is 0. The Hall–Kier alpha value is 0.427. The van der Waals surface area contributed by atoms with E-state index in [1.54, 1.807) is 0 Å². The molecule has 32 heavy (non-hydrogen) atoms. The standard InChI is InChI=1S/C28H59ClO2Si/c1-6-7-8-9-10-11-12-13-14-21-26-32(29,30-24-19-15-17-22-27(2)3)31-25-20-16-18-23-28(4)5/h27-28H,6-26H2,1-5H3. The van der Waals surface area contributed by atoms with Gasteiger partial charge in [0.25, 0.3) is 0 Å². The molecule has 0 spiro atoms. The van der Waals surface area contributed by atoms with Crippen LogP contribution in [0.15, 0.2) is 0 Å². The van der Waals surface area contributed by atoms with Crippen LogP contribution in [0.2, 0.25) is 6.04 Å². The number of rotatable bonds is 25. The van der Waals surface area contributed by atoms with Crippen LogP contribution in [0.5, 0.6) is 0 Å². The lowest BCUT2D eigenvalue weighted by Gasteiger charge is -2.24. The summed E-state index contributed by atoms with van der Waals surface area (Å²) in [4.78, 5) is 0. The van der Waals surface area contributed by atoms with Crippen LogP contribution in [0.3, 0.4) is 0 Å². The van der Waals surface area contributed by atoms with Gasteiger partial charge in [-0.3, -0.25) is 0 Å². The van der Waals surface area contributed by atoms with E-state index in [4.69, 9.17) is 19.9 Å². The monoisotopic (exact) mass is 490 g/mol. The lowest BCUT2D eigenvalue weighted by Crippen LogP contribution is -2.36. The second-order valence-electron chi connectivity index (χ2n) is 10.8. The summed E-state index contributed by atoms with van der Waals surface area (Å²) in [5.74, 6) is 1.60. The van der Waals surface area contributed by atoms with E-state index in [2.05, 4.69) is 34.6 Å². The Morgan fingerprint density at radius 1 is 0.531 bits per heavy atom. The van der Waals surface area contributed by atoms with Crippen molar-refractivity contribution in [3.8, 4) is 0 Å². The molecule has 0 amide bonds. The predicted octanol–water partition coefficient (Wildman–Crippen LogP) is 10.6. The molecule has 0 N–H and O–H groups in total. The normalized spacial score (nSPS) is 12.4. The zero-order valence-corrected chi connectivity index (χ0v) is 24.5. The fourth-order valence-electron chi connectivity index (χ4n) is 4.12. The molecule has 0 aliphatic heterocycles. The molecule has 0 heterocycles. The third-order valence-corrected chi connectivity index (χ3v) is 9.76. The third kappa shape index (κ3) is 23.6. The molecule has 0 aliphatic rings. The van der Waals surface area contributed by atoms with Crippen molar-refractivity contribution in [1.29, 1.82) is 0 Å². The zero-order valence-electron chi connectivity index (χ0n) is 22.7. The first-order chi connectivity index (χ1) is 15.4. The van der Waals surface area contributed by atoms with Crippen molar-refractivity contribution in [3.05, 3.63) is 0 Å². The van der Waals surface area contributed by atoms with Crippen LogP contribution in [0, 0.1) is 11.8 Å². The molecule has 0 bridgehead atoms. The molecule has 0 atom stereocenters.